The lowest BCUT2D eigenvalue weighted by Crippen LogP contribution is -2.48. The molecule has 1 aromatic rings. The number of nitrogens with two attached hydrogens (primary N) is 1. The van der Waals surface area contributed by atoms with E-state index in [0.29, 0.717) is 6.04 Å². The van der Waals surface area contributed by atoms with Crippen LogP contribution in [0.5, 0.6) is 0 Å². The van der Waals surface area contributed by atoms with Gasteiger partial charge in [-0.2, -0.15) is 0 Å². The van der Waals surface area contributed by atoms with Crippen LogP contribution in [-0.4, -0.2) is 24.0 Å². The Kier molecular flexibility index (Phi) is 2.45. The molecule has 2 aliphatic rings. The fourth-order valence-electron chi connectivity index (χ4n) is 3.12. The predicted octanol–water partition coefficient (Wildman–Crippen LogP) is 1.85. The van der Waals surface area contributed by atoms with Crippen molar-refractivity contribution in [2.24, 2.45) is 5.73 Å². The lowest BCUT2D eigenvalue weighted by atomic mass is 9.84. The molecule has 3 heteroatoms. The normalized spacial score (nSPS) is 29.6. The van der Waals surface area contributed by atoms with Crippen molar-refractivity contribution in [3.63, 3.8) is 0 Å². The minimum atomic E-state index is -0.128. The molecule has 0 aliphatic carbocycles. The number of rotatable bonds is 0. The van der Waals surface area contributed by atoms with Crippen LogP contribution < -0.4 is 5.73 Å². The molecule has 0 bridgehead atoms. The van der Waals surface area contributed by atoms with Crippen molar-refractivity contribution in [2.45, 2.75) is 31.3 Å². The molecule has 86 valence electrons. The second-order valence-electron chi connectivity index (χ2n) is 4.88. The van der Waals surface area contributed by atoms with Crippen LogP contribution in [0, 0.1) is 5.82 Å². The Balaban J connectivity index is 2.02. The van der Waals surface area contributed by atoms with Gasteiger partial charge in [0.2, 0.25) is 0 Å². The number of piperidine rings is 1. The predicted molar refractivity (Wildman–Crippen MR) is 61.6 cm³/mol. The van der Waals surface area contributed by atoms with Gasteiger partial charge >= 0.3 is 0 Å². The van der Waals surface area contributed by atoms with Gasteiger partial charge in [-0.05, 0) is 49.1 Å². The average Bonchev–Trinajstić information content (AvgIpc) is 2.29. The third-order valence-electron chi connectivity index (χ3n) is 3.87. The van der Waals surface area contributed by atoms with Crippen LogP contribution in [0.15, 0.2) is 18.2 Å². The van der Waals surface area contributed by atoms with Gasteiger partial charge in [-0.1, -0.05) is 6.07 Å². The molecule has 2 nitrogen and oxygen atoms in total. The molecule has 1 aromatic carbocycles. The lowest BCUT2D eigenvalue weighted by molar-refractivity contribution is 0.119. The van der Waals surface area contributed by atoms with Gasteiger partial charge in [0.1, 0.15) is 5.82 Å². The van der Waals surface area contributed by atoms with Crippen LogP contribution in [0.4, 0.5) is 4.39 Å². The summed E-state index contributed by atoms with van der Waals surface area (Å²) >= 11 is 0. The van der Waals surface area contributed by atoms with Gasteiger partial charge in [-0.25, -0.2) is 4.39 Å². The zero-order valence-electron chi connectivity index (χ0n) is 9.32. The first-order chi connectivity index (χ1) is 7.75. The van der Waals surface area contributed by atoms with Crippen molar-refractivity contribution >= 4 is 0 Å². The Labute approximate surface area is 95.2 Å². The van der Waals surface area contributed by atoms with E-state index in [1.807, 2.05) is 6.07 Å². The Morgan fingerprint density at radius 2 is 2.19 bits per heavy atom. The van der Waals surface area contributed by atoms with Gasteiger partial charge in [0.05, 0.1) is 6.04 Å². The van der Waals surface area contributed by atoms with Gasteiger partial charge in [0.15, 0.2) is 0 Å². The van der Waals surface area contributed by atoms with Crippen molar-refractivity contribution in [3.05, 3.63) is 35.1 Å². The van der Waals surface area contributed by atoms with Gasteiger partial charge < -0.3 is 5.73 Å². The van der Waals surface area contributed by atoms with E-state index in [2.05, 4.69) is 4.90 Å². The smallest absolute Gasteiger partial charge is 0.123 e. The number of fused-ring (bicyclic) bond motifs is 3. The molecular formula is C13H17FN2. The van der Waals surface area contributed by atoms with E-state index in [1.165, 1.54) is 12.0 Å². The molecule has 0 radical (unpaired) electrons. The number of halogens is 1. The molecule has 0 spiro atoms. The van der Waals surface area contributed by atoms with Crippen molar-refractivity contribution in [2.75, 3.05) is 13.1 Å². The number of nitrogens with zero attached hydrogens (tertiary/aromatic N) is 1. The fourth-order valence-corrected chi connectivity index (χ4v) is 3.12. The Bertz CT molecular complexity index is 405. The first-order valence-electron chi connectivity index (χ1n) is 6.03. The summed E-state index contributed by atoms with van der Waals surface area (Å²) in [6.07, 6.45) is 3.22. The summed E-state index contributed by atoms with van der Waals surface area (Å²) < 4.78 is 13.2. The minimum absolute atomic E-state index is 0.128. The van der Waals surface area contributed by atoms with E-state index in [4.69, 9.17) is 5.73 Å². The van der Waals surface area contributed by atoms with Crippen LogP contribution in [0.25, 0.3) is 0 Å². The highest BCUT2D eigenvalue weighted by Crippen LogP contribution is 2.36. The summed E-state index contributed by atoms with van der Waals surface area (Å²) in [5, 5.41) is 0. The van der Waals surface area contributed by atoms with E-state index in [9.17, 15) is 4.39 Å². The third kappa shape index (κ3) is 1.55. The molecule has 2 heterocycles. The van der Waals surface area contributed by atoms with Crippen molar-refractivity contribution in [3.8, 4) is 0 Å². The number of hydrogen-bond donors (Lipinski definition) is 1. The molecule has 0 amide bonds. The van der Waals surface area contributed by atoms with E-state index in [1.54, 1.807) is 12.1 Å². The first kappa shape index (κ1) is 10.2. The molecule has 1 saturated heterocycles. The first-order valence-corrected chi connectivity index (χ1v) is 6.03. The van der Waals surface area contributed by atoms with E-state index >= 15 is 0 Å². The molecule has 16 heavy (non-hydrogen) atoms. The minimum Gasteiger partial charge on any atom is -0.326 e. The SMILES string of the molecule is NC1CCCN2CCc3cc(F)ccc3C12. The number of benzene rings is 1. The summed E-state index contributed by atoms with van der Waals surface area (Å²) in [6.45, 7) is 2.16. The van der Waals surface area contributed by atoms with Crippen molar-refractivity contribution < 1.29 is 4.39 Å². The van der Waals surface area contributed by atoms with E-state index in [0.717, 1.165) is 31.5 Å². The second-order valence-corrected chi connectivity index (χ2v) is 4.88. The summed E-state index contributed by atoms with van der Waals surface area (Å²) in [5.74, 6) is -0.128. The molecule has 2 unspecified atom stereocenters. The maximum atomic E-state index is 13.2. The molecule has 2 N–H and O–H groups in total. The molecule has 0 saturated carbocycles. The quantitative estimate of drug-likeness (QED) is 0.723. The van der Waals surface area contributed by atoms with E-state index < -0.39 is 0 Å². The van der Waals surface area contributed by atoms with Crippen LogP contribution in [0.3, 0.4) is 0 Å². The summed E-state index contributed by atoms with van der Waals surface area (Å²) in [4.78, 5) is 2.45. The second kappa shape index (κ2) is 3.82. The van der Waals surface area contributed by atoms with Gasteiger partial charge in [-0.15, -0.1) is 0 Å². The molecule has 2 atom stereocenters. The summed E-state index contributed by atoms with van der Waals surface area (Å²) in [7, 11) is 0. The molecule has 2 aliphatic heterocycles. The standard InChI is InChI=1S/C13H17FN2/c14-10-3-4-11-9(8-10)5-7-16-6-1-2-12(15)13(11)16/h3-4,8,12-13H,1-2,5-7,15H2. The topological polar surface area (TPSA) is 29.3 Å². The van der Waals surface area contributed by atoms with Gasteiger partial charge in [0.25, 0.3) is 0 Å². The highest BCUT2D eigenvalue weighted by Gasteiger charge is 2.34. The third-order valence-corrected chi connectivity index (χ3v) is 3.87. The van der Waals surface area contributed by atoms with E-state index in [-0.39, 0.29) is 11.9 Å². The van der Waals surface area contributed by atoms with Crippen LogP contribution in [0.1, 0.15) is 30.0 Å². The molecule has 0 aromatic heterocycles. The maximum absolute atomic E-state index is 13.2. The lowest BCUT2D eigenvalue weighted by Gasteiger charge is -2.44. The fraction of sp³-hybridized carbons (Fsp3) is 0.538. The Morgan fingerprint density at radius 3 is 3.06 bits per heavy atom. The monoisotopic (exact) mass is 220 g/mol. The maximum Gasteiger partial charge on any atom is 0.123 e. The average molecular weight is 220 g/mol. The van der Waals surface area contributed by atoms with Crippen LogP contribution in [-0.2, 0) is 6.42 Å². The van der Waals surface area contributed by atoms with Crippen LogP contribution >= 0.6 is 0 Å². The highest BCUT2D eigenvalue weighted by molar-refractivity contribution is 5.34. The Hall–Kier alpha value is -0.930. The summed E-state index contributed by atoms with van der Waals surface area (Å²) in [6, 6.07) is 5.68. The zero-order valence-corrected chi connectivity index (χ0v) is 9.32. The van der Waals surface area contributed by atoms with Crippen LogP contribution in [0.2, 0.25) is 0 Å². The highest BCUT2D eigenvalue weighted by atomic mass is 19.1. The van der Waals surface area contributed by atoms with Gasteiger partial charge in [0, 0.05) is 12.6 Å². The number of hydrogen-bond acceptors (Lipinski definition) is 2. The van der Waals surface area contributed by atoms with Crippen molar-refractivity contribution in [1.29, 1.82) is 0 Å². The molecule has 1 fully saturated rings. The Morgan fingerprint density at radius 1 is 1.31 bits per heavy atom. The largest absolute Gasteiger partial charge is 0.326 e. The zero-order chi connectivity index (χ0) is 11.1. The van der Waals surface area contributed by atoms with Gasteiger partial charge in [-0.3, -0.25) is 4.90 Å². The molecule has 3 rings (SSSR count). The summed E-state index contributed by atoms with van der Waals surface area (Å²) in [5.41, 5.74) is 8.61. The molecular weight excluding hydrogens is 203 g/mol. The van der Waals surface area contributed by atoms with Crippen molar-refractivity contribution in [1.82, 2.24) is 4.90 Å².